The van der Waals surface area contributed by atoms with Crippen molar-refractivity contribution in [3.05, 3.63) is 12.4 Å². The van der Waals surface area contributed by atoms with Crippen LogP contribution in [0.4, 0.5) is 19.0 Å². The summed E-state index contributed by atoms with van der Waals surface area (Å²) >= 11 is 0. The molecule has 0 unspecified atom stereocenters. The van der Waals surface area contributed by atoms with Crippen LogP contribution in [-0.2, 0) is 0 Å². The molecule has 17 heavy (non-hydrogen) atoms. The van der Waals surface area contributed by atoms with Crippen LogP contribution < -0.4 is 15.4 Å². The minimum Gasteiger partial charge on any atom is -0.480 e. The third-order valence-electron chi connectivity index (χ3n) is 1.90. The van der Waals surface area contributed by atoms with E-state index in [0.717, 1.165) is 4.90 Å². The van der Waals surface area contributed by atoms with Gasteiger partial charge in [0, 0.05) is 13.1 Å². The quantitative estimate of drug-likeness (QED) is 0.837. The Labute approximate surface area is 96.4 Å². The summed E-state index contributed by atoms with van der Waals surface area (Å²) in [5.74, 6) is 0.249. The van der Waals surface area contributed by atoms with Gasteiger partial charge in [0.05, 0.1) is 19.5 Å². The summed E-state index contributed by atoms with van der Waals surface area (Å²) in [6.07, 6.45) is -1.76. The van der Waals surface area contributed by atoms with Crippen molar-refractivity contribution in [2.45, 2.75) is 6.18 Å². The monoisotopic (exact) mass is 250 g/mol. The van der Waals surface area contributed by atoms with E-state index in [4.69, 9.17) is 10.5 Å². The molecule has 0 radical (unpaired) electrons. The van der Waals surface area contributed by atoms with Crippen molar-refractivity contribution in [2.24, 2.45) is 5.73 Å². The minimum atomic E-state index is -4.32. The summed E-state index contributed by atoms with van der Waals surface area (Å²) in [5.41, 5.74) is 5.27. The number of halogens is 3. The molecule has 0 aliphatic rings. The second-order valence-corrected chi connectivity index (χ2v) is 3.25. The lowest BCUT2D eigenvalue weighted by Crippen LogP contribution is -2.38. The van der Waals surface area contributed by atoms with Gasteiger partial charge in [-0.15, -0.1) is 0 Å². The first-order valence-corrected chi connectivity index (χ1v) is 4.84. The van der Waals surface area contributed by atoms with Gasteiger partial charge in [0.15, 0.2) is 5.82 Å². The Morgan fingerprint density at radius 2 is 2.12 bits per heavy atom. The Morgan fingerprint density at radius 3 is 2.65 bits per heavy atom. The van der Waals surface area contributed by atoms with E-state index in [0.29, 0.717) is 0 Å². The molecule has 0 atom stereocenters. The Hall–Kier alpha value is -1.57. The van der Waals surface area contributed by atoms with Gasteiger partial charge in [0.1, 0.15) is 6.54 Å². The molecule has 5 nitrogen and oxygen atoms in total. The second-order valence-electron chi connectivity index (χ2n) is 3.25. The first-order chi connectivity index (χ1) is 7.96. The van der Waals surface area contributed by atoms with E-state index in [2.05, 4.69) is 9.97 Å². The number of nitrogens with two attached hydrogens (primary N) is 1. The number of hydrogen-bond donors (Lipinski definition) is 1. The molecule has 96 valence electrons. The number of alkyl halides is 3. The molecule has 0 aliphatic carbocycles. The van der Waals surface area contributed by atoms with Crippen LogP contribution in [0.3, 0.4) is 0 Å². The molecular weight excluding hydrogens is 237 g/mol. The zero-order valence-corrected chi connectivity index (χ0v) is 9.24. The number of anilines is 1. The largest absolute Gasteiger partial charge is 0.480 e. The van der Waals surface area contributed by atoms with Gasteiger partial charge in [-0.2, -0.15) is 18.2 Å². The van der Waals surface area contributed by atoms with Gasteiger partial charge >= 0.3 is 6.18 Å². The van der Waals surface area contributed by atoms with E-state index in [1.54, 1.807) is 0 Å². The molecule has 0 fully saturated rings. The zero-order valence-electron chi connectivity index (χ0n) is 9.24. The van der Waals surface area contributed by atoms with Crippen LogP contribution in [0.2, 0.25) is 0 Å². The van der Waals surface area contributed by atoms with E-state index < -0.39 is 12.7 Å². The summed E-state index contributed by atoms with van der Waals surface area (Å²) in [7, 11) is 1.37. The molecule has 0 bridgehead atoms. The van der Waals surface area contributed by atoms with Gasteiger partial charge in [-0.3, -0.25) is 4.98 Å². The third-order valence-corrected chi connectivity index (χ3v) is 1.90. The van der Waals surface area contributed by atoms with Crippen LogP contribution in [0, 0.1) is 0 Å². The number of nitrogens with zero attached hydrogens (tertiary/aromatic N) is 3. The summed E-state index contributed by atoms with van der Waals surface area (Å²) < 4.78 is 41.8. The van der Waals surface area contributed by atoms with Crippen LogP contribution in [-0.4, -0.2) is 42.9 Å². The van der Waals surface area contributed by atoms with Crippen LogP contribution in [0.15, 0.2) is 12.4 Å². The highest BCUT2D eigenvalue weighted by atomic mass is 19.4. The molecule has 0 amide bonds. The molecule has 0 spiro atoms. The number of hydrogen-bond acceptors (Lipinski definition) is 5. The van der Waals surface area contributed by atoms with E-state index in [9.17, 15) is 13.2 Å². The normalized spacial score (nSPS) is 11.4. The number of methoxy groups -OCH3 is 1. The van der Waals surface area contributed by atoms with Gasteiger partial charge in [0.2, 0.25) is 5.88 Å². The van der Waals surface area contributed by atoms with Crippen LogP contribution in [0.5, 0.6) is 5.88 Å². The van der Waals surface area contributed by atoms with Crippen molar-refractivity contribution in [2.75, 3.05) is 31.6 Å². The van der Waals surface area contributed by atoms with Crippen molar-refractivity contribution < 1.29 is 17.9 Å². The smallest absolute Gasteiger partial charge is 0.405 e. The van der Waals surface area contributed by atoms with Gasteiger partial charge in [0.25, 0.3) is 0 Å². The molecule has 8 heteroatoms. The maximum absolute atomic E-state index is 12.3. The molecule has 0 aromatic carbocycles. The SMILES string of the molecule is COc1cncc(N(CCN)CC(F)(F)F)n1. The van der Waals surface area contributed by atoms with Gasteiger partial charge in [-0.25, -0.2) is 0 Å². The third kappa shape index (κ3) is 4.43. The minimum absolute atomic E-state index is 0.0430. The molecule has 0 aliphatic heterocycles. The van der Waals surface area contributed by atoms with E-state index in [1.807, 2.05) is 0 Å². The lowest BCUT2D eigenvalue weighted by atomic mass is 10.4. The maximum atomic E-state index is 12.3. The van der Waals surface area contributed by atoms with E-state index in [-0.39, 0.29) is 24.8 Å². The van der Waals surface area contributed by atoms with Gasteiger partial charge < -0.3 is 15.4 Å². The maximum Gasteiger partial charge on any atom is 0.405 e. The molecule has 0 saturated heterocycles. The predicted molar refractivity (Wildman–Crippen MR) is 55.9 cm³/mol. The number of aromatic nitrogens is 2. The molecule has 1 rings (SSSR count). The van der Waals surface area contributed by atoms with Crippen molar-refractivity contribution in [3.63, 3.8) is 0 Å². The fourth-order valence-corrected chi connectivity index (χ4v) is 1.24. The highest BCUT2D eigenvalue weighted by molar-refractivity contribution is 5.37. The number of rotatable bonds is 5. The van der Waals surface area contributed by atoms with Crippen LogP contribution in [0.25, 0.3) is 0 Å². The highest BCUT2D eigenvalue weighted by Crippen LogP contribution is 2.21. The average molecular weight is 250 g/mol. The van der Waals surface area contributed by atoms with Crippen molar-refractivity contribution in [3.8, 4) is 5.88 Å². The van der Waals surface area contributed by atoms with Gasteiger partial charge in [-0.1, -0.05) is 0 Å². The Balaban J connectivity index is 2.88. The molecule has 1 aromatic heterocycles. The fraction of sp³-hybridized carbons (Fsp3) is 0.556. The molecule has 1 heterocycles. The Morgan fingerprint density at radius 1 is 1.41 bits per heavy atom. The van der Waals surface area contributed by atoms with E-state index in [1.165, 1.54) is 19.5 Å². The molecule has 1 aromatic rings. The molecular formula is C9H13F3N4O. The summed E-state index contributed by atoms with van der Waals surface area (Å²) in [6, 6.07) is 0. The fourth-order valence-electron chi connectivity index (χ4n) is 1.24. The Bertz CT molecular complexity index is 358. The van der Waals surface area contributed by atoms with Crippen molar-refractivity contribution >= 4 is 5.82 Å². The average Bonchev–Trinajstić information content (AvgIpc) is 2.27. The van der Waals surface area contributed by atoms with Crippen molar-refractivity contribution in [1.29, 1.82) is 0 Å². The van der Waals surface area contributed by atoms with Gasteiger partial charge in [-0.05, 0) is 0 Å². The topological polar surface area (TPSA) is 64.3 Å². The summed E-state index contributed by atoms with van der Waals surface area (Å²) in [6.45, 7) is -0.984. The van der Waals surface area contributed by atoms with Crippen molar-refractivity contribution in [1.82, 2.24) is 9.97 Å². The lowest BCUT2D eigenvalue weighted by Gasteiger charge is -2.23. The summed E-state index contributed by atoms with van der Waals surface area (Å²) in [4.78, 5) is 8.64. The first-order valence-electron chi connectivity index (χ1n) is 4.84. The number of ether oxygens (including phenoxy) is 1. The van der Waals surface area contributed by atoms with Crippen LogP contribution >= 0.6 is 0 Å². The molecule has 2 N–H and O–H groups in total. The second kappa shape index (κ2) is 5.67. The zero-order chi connectivity index (χ0) is 12.9. The highest BCUT2D eigenvalue weighted by Gasteiger charge is 2.31. The molecule has 0 saturated carbocycles. The predicted octanol–water partition coefficient (Wildman–Crippen LogP) is 0.813. The van der Waals surface area contributed by atoms with E-state index >= 15 is 0 Å². The Kier molecular flexibility index (Phi) is 4.50. The first kappa shape index (κ1) is 13.5. The summed E-state index contributed by atoms with van der Waals surface area (Å²) in [5, 5.41) is 0. The lowest BCUT2D eigenvalue weighted by molar-refractivity contribution is -0.119. The van der Waals surface area contributed by atoms with Crippen LogP contribution in [0.1, 0.15) is 0 Å². The standard InChI is InChI=1S/C9H13F3N4O/c1-17-8-5-14-4-7(15-8)16(3-2-13)6-9(10,11)12/h4-5H,2-3,6,13H2,1H3.